The lowest BCUT2D eigenvalue weighted by Crippen LogP contribution is -2.58. The molecule has 0 bridgehead atoms. The van der Waals surface area contributed by atoms with Gasteiger partial charge in [0.2, 0.25) is 17.8 Å². The van der Waals surface area contributed by atoms with Crippen molar-refractivity contribution in [3.8, 4) is 0 Å². The maximum Gasteiger partial charge on any atom is 0.417 e. The summed E-state index contributed by atoms with van der Waals surface area (Å²) in [5.74, 6) is 1.39. The summed E-state index contributed by atoms with van der Waals surface area (Å²) in [6.45, 7) is 18.0. The number of aromatic nitrogens is 5. The van der Waals surface area contributed by atoms with Crippen LogP contribution in [0.4, 0.5) is 16.7 Å². The number of carbonyl (C=O) groups excluding carboxylic acids is 2. The fourth-order valence-electron chi connectivity index (χ4n) is 6.17. The molecule has 3 aliphatic rings. The van der Waals surface area contributed by atoms with Crippen LogP contribution in [-0.4, -0.2) is 83.1 Å². The van der Waals surface area contributed by atoms with Gasteiger partial charge in [0.25, 0.3) is 0 Å². The van der Waals surface area contributed by atoms with Gasteiger partial charge in [-0.25, -0.2) is 14.7 Å². The fraction of sp³-hybridized carbons (Fsp3) is 0.630. The molecule has 4 heterocycles. The van der Waals surface area contributed by atoms with E-state index in [0.717, 1.165) is 31.6 Å². The Kier molecular flexibility index (Phi) is 7.08. The van der Waals surface area contributed by atoms with Crippen molar-refractivity contribution in [2.45, 2.75) is 90.8 Å². The van der Waals surface area contributed by atoms with E-state index in [9.17, 15) is 9.59 Å². The van der Waals surface area contributed by atoms with Crippen LogP contribution in [0.3, 0.4) is 0 Å². The lowest BCUT2D eigenvalue weighted by molar-refractivity contribution is -0.134. The van der Waals surface area contributed by atoms with Gasteiger partial charge >= 0.3 is 6.09 Å². The highest BCUT2D eigenvalue weighted by molar-refractivity contribution is 5.90. The highest BCUT2D eigenvalue weighted by Gasteiger charge is 2.63. The van der Waals surface area contributed by atoms with Crippen LogP contribution in [0, 0.1) is 12.8 Å². The molecule has 2 amide bonds. The largest absolute Gasteiger partial charge is 0.440 e. The molecular formula is C27H39N9O3. The van der Waals surface area contributed by atoms with Crippen molar-refractivity contribution in [1.29, 1.82) is 0 Å². The summed E-state index contributed by atoms with van der Waals surface area (Å²) >= 11 is 0. The van der Waals surface area contributed by atoms with Crippen LogP contribution in [0.1, 0.15) is 65.0 Å². The van der Waals surface area contributed by atoms with Gasteiger partial charge in [-0.1, -0.05) is 20.4 Å². The van der Waals surface area contributed by atoms with Gasteiger partial charge in [0, 0.05) is 31.4 Å². The molecule has 12 heteroatoms. The third-order valence-electron chi connectivity index (χ3n) is 7.86. The lowest BCUT2D eigenvalue weighted by Gasteiger charge is -2.44. The summed E-state index contributed by atoms with van der Waals surface area (Å²) in [5, 5.41) is 3.33. The van der Waals surface area contributed by atoms with E-state index < -0.39 is 11.7 Å². The molecule has 12 nitrogen and oxygen atoms in total. The Morgan fingerprint density at radius 1 is 1.21 bits per heavy atom. The van der Waals surface area contributed by atoms with Crippen LogP contribution in [0.2, 0.25) is 0 Å². The predicted octanol–water partition coefficient (Wildman–Crippen LogP) is 3.13. The van der Waals surface area contributed by atoms with E-state index in [1.54, 1.807) is 11.8 Å². The minimum Gasteiger partial charge on any atom is -0.440 e. The Morgan fingerprint density at radius 2 is 1.90 bits per heavy atom. The van der Waals surface area contributed by atoms with E-state index in [2.05, 4.69) is 64.4 Å². The van der Waals surface area contributed by atoms with Crippen molar-refractivity contribution >= 4 is 23.9 Å². The van der Waals surface area contributed by atoms with Crippen molar-refractivity contribution < 1.29 is 14.3 Å². The van der Waals surface area contributed by atoms with E-state index in [-0.39, 0.29) is 36.0 Å². The molecular weight excluding hydrogens is 498 g/mol. The van der Waals surface area contributed by atoms with E-state index in [0.29, 0.717) is 24.4 Å². The highest BCUT2D eigenvalue weighted by atomic mass is 16.6. The van der Waals surface area contributed by atoms with E-state index in [1.165, 1.54) is 6.08 Å². The zero-order chi connectivity index (χ0) is 28.1. The monoisotopic (exact) mass is 537 g/mol. The summed E-state index contributed by atoms with van der Waals surface area (Å²) in [5.41, 5.74) is 0.428. The van der Waals surface area contributed by atoms with E-state index >= 15 is 0 Å². The van der Waals surface area contributed by atoms with Crippen LogP contribution in [0.5, 0.6) is 0 Å². The molecule has 2 aliphatic heterocycles. The summed E-state index contributed by atoms with van der Waals surface area (Å²) in [4.78, 5) is 49.0. The Bertz CT molecular complexity index is 1240. The van der Waals surface area contributed by atoms with Crippen molar-refractivity contribution in [3.63, 3.8) is 0 Å². The van der Waals surface area contributed by atoms with Crippen molar-refractivity contribution in [1.82, 2.24) is 34.3 Å². The van der Waals surface area contributed by atoms with Crippen LogP contribution in [0.25, 0.3) is 0 Å². The van der Waals surface area contributed by atoms with E-state index in [1.807, 2.05) is 28.9 Å². The third kappa shape index (κ3) is 5.21. The molecule has 0 aromatic carbocycles. The molecule has 1 saturated carbocycles. The van der Waals surface area contributed by atoms with Gasteiger partial charge in [-0.3, -0.25) is 9.69 Å². The Balaban J connectivity index is 1.26. The maximum atomic E-state index is 12.8. The minimum atomic E-state index is -0.414. The van der Waals surface area contributed by atoms with Gasteiger partial charge < -0.3 is 19.5 Å². The minimum absolute atomic E-state index is 0.0235. The lowest BCUT2D eigenvalue weighted by atomic mass is 9.96. The second kappa shape index (κ2) is 10.2. The van der Waals surface area contributed by atoms with Gasteiger partial charge in [-0.2, -0.15) is 15.0 Å². The van der Waals surface area contributed by atoms with Gasteiger partial charge in [0.15, 0.2) is 0 Å². The zero-order valence-corrected chi connectivity index (χ0v) is 23.7. The van der Waals surface area contributed by atoms with Gasteiger partial charge in [-0.15, -0.1) is 0 Å². The fourth-order valence-corrected chi connectivity index (χ4v) is 6.17. The number of imidazole rings is 1. The summed E-state index contributed by atoms with van der Waals surface area (Å²) in [7, 11) is 0. The van der Waals surface area contributed by atoms with Crippen molar-refractivity contribution in [2.24, 2.45) is 5.92 Å². The van der Waals surface area contributed by atoms with E-state index in [4.69, 9.17) is 4.74 Å². The smallest absolute Gasteiger partial charge is 0.417 e. The molecule has 1 N–H and O–H groups in total. The van der Waals surface area contributed by atoms with Crippen LogP contribution < -0.4 is 10.2 Å². The SMILES string of the molecule is C=CC(=O)N1[C@H](C)CN(Cn2cnc([C@H](C)Nc3nc(C)nc(N4C(=O)OC5(CC5)C4C(C)C)n3)c2)C[C@@H]1C. The molecule has 1 aliphatic carbocycles. The number of ether oxygens (including phenoxy) is 1. The molecule has 3 fully saturated rings. The normalized spacial score (nSPS) is 25.2. The maximum absolute atomic E-state index is 12.8. The van der Waals surface area contributed by atoms with Gasteiger partial charge in [-0.05, 0) is 52.5 Å². The third-order valence-corrected chi connectivity index (χ3v) is 7.86. The molecule has 2 saturated heterocycles. The number of piperazine rings is 1. The number of hydrogen-bond acceptors (Lipinski definition) is 9. The number of hydrogen-bond donors (Lipinski definition) is 1. The first-order valence-electron chi connectivity index (χ1n) is 13.7. The second-order valence-electron chi connectivity index (χ2n) is 11.5. The molecule has 4 atom stereocenters. The summed E-state index contributed by atoms with van der Waals surface area (Å²) < 4.78 is 7.80. The Morgan fingerprint density at radius 3 is 2.51 bits per heavy atom. The number of anilines is 2. The van der Waals surface area contributed by atoms with Gasteiger partial charge in [0.1, 0.15) is 11.4 Å². The molecule has 5 rings (SSSR count). The molecule has 2 aromatic heterocycles. The zero-order valence-electron chi connectivity index (χ0n) is 23.7. The first-order chi connectivity index (χ1) is 18.5. The number of aryl methyl sites for hydroxylation is 1. The topological polar surface area (TPSA) is 122 Å². The summed E-state index contributed by atoms with van der Waals surface area (Å²) in [6, 6.07) is -0.0823. The van der Waals surface area contributed by atoms with Crippen LogP contribution in [-0.2, 0) is 16.2 Å². The number of amides is 2. The first-order valence-corrected chi connectivity index (χ1v) is 13.7. The number of nitrogens with zero attached hydrogens (tertiary/aromatic N) is 8. The second-order valence-corrected chi connectivity index (χ2v) is 11.5. The highest BCUT2D eigenvalue weighted by Crippen LogP contribution is 2.52. The first kappa shape index (κ1) is 27.0. The molecule has 1 unspecified atom stereocenters. The average Bonchev–Trinajstić information content (AvgIpc) is 3.33. The summed E-state index contributed by atoms with van der Waals surface area (Å²) in [6.07, 6.45) is 6.55. The van der Waals surface area contributed by atoms with Crippen LogP contribution in [0.15, 0.2) is 25.2 Å². The van der Waals surface area contributed by atoms with Gasteiger partial charge in [0.05, 0.1) is 30.8 Å². The number of rotatable bonds is 8. The predicted molar refractivity (Wildman–Crippen MR) is 146 cm³/mol. The van der Waals surface area contributed by atoms with Crippen molar-refractivity contribution in [3.05, 3.63) is 36.7 Å². The number of carbonyl (C=O) groups is 2. The van der Waals surface area contributed by atoms with Crippen LogP contribution >= 0.6 is 0 Å². The molecule has 0 radical (unpaired) electrons. The Labute approximate surface area is 229 Å². The molecule has 1 spiro atoms. The number of nitrogens with one attached hydrogen (secondary N) is 1. The average molecular weight is 538 g/mol. The molecule has 39 heavy (non-hydrogen) atoms. The Hall–Kier alpha value is -3.54. The quantitative estimate of drug-likeness (QED) is 0.506. The molecule has 210 valence electrons. The van der Waals surface area contributed by atoms with Crippen molar-refractivity contribution in [2.75, 3.05) is 23.3 Å². The standard InChI is InChI=1S/C27H39N9O3/c1-8-22(37)35-17(4)11-33(12-18(35)5)15-34-13-21(28-14-34)19(6)29-24-30-20(7)31-25(32-24)36-23(16(2)3)27(9-10-27)39-26(36)38/h8,13-14,16-19,23H,1,9-12,15H2,2-7H3,(H,29,30,31,32)/t17-,18+,19-,23?/m0/s1. The molecule has 2 aromatic rings.